The molecule has 1 amide bonds. The monoisotopic (exact) mass is 1040 g/mol. The average molecular weight is 1040 g/mol. The van der Waals surface area contributed by atoms with Crippen molar-refractivity contribution in [2.45, 2.75) is 386 Å². The fraction of sp³-hybridized carbons (Fsp3) is 0.912. The van der Waals surface area contributed by atoms with Crippen LogP contribution >= 0.6 is 0 Å². The SMILES string of the molecule is CCCC/C=C\C/C=C\CCCCCCCC(=O)OCCCCCCCCCCCCCCCCCCCCCCCCCCCCC(=O)NC(CO)C(O)CCCCCCCCCCCCCCCCCCC. The molecule has 0 spiro atoms. The van der Waals surface area contributed by atoms with Gasteiger partial charge in [0.05, 0.1) is 25.4 Å². The van der Waals surface area contributed by atoms with Crippen molar-refractivity contribution in [2.75, 3.05) is 13.2 Å². The summed E-state index contributed by atoms with van der Waals surface area (Å²) in [4.78, 5) is 24.6. The molecule has 6 nitrogen and oxygen atoms in total. The molecule has 6 heteroatoms. The lowest BCUT2D eigenvalue weighted by atomic mass is 10.0. The van der Waals surface area contributed by atoms with E-state index in [9.17, 15) is 19.8 Å². The van der Waals surface area contributed by atoms with Crippen LogP contribution < -0.4 is 5.32 Å². The zero-order valence-electron chi connectivity index (χ0n) is 50.1. The van der Waals surface area contributed by atoms with Gasteiger partial charge in [0.25, 0.3) is 0 Å². The normalized spacial score (nSPS) is 12.6. The topological polar surface area (TPSA) is 95.9 Å². The molecular weight excluding hydrogens is 911 g/mol. The molecule has 2 atom stereocenters. The highest BCUT2D eigenvalue weighted by Gasteiger charge is 2.20. The Balaban J connectivity index is 3.35. The van der Waals surface area contributed by atoms with Crippen LogP contribution in [-0.4, -0.2) is 47.4 Å². The van der Waals surface area contributed by atoms with Crippen LogP contribution in [0.25, 0.3) is 0 Å². The Morgan fingerprint density at radius 3 is 1.07 bits per heavy atom. The molecule has 0 saturated heterocycles. The van der Waals surface area contributed by atoms with E-state index in [0.29, 0.717) is 25.9 Å². The number of aliphatic hydroxyl groups is 2. The summed E-state index contributed by atoms with van der Waals surface area (Å²) in [6.07, 6.45) is 79.2. The first kappa shape index (κ1) is 72.3. The lowest BCUT2D eigenvalue weighted by Gasteiger charge is -2.22. The van der Waals surface area contributed by atoms with Gasteiger partial charge in [-0.1, -0.05) is 334 Å². The molecule has 0 aliphatic rings. The standard InChI is InChI=1S/C68H131NO5/c1-3-5-7-9-11-13-15-17-19-30-33-36-40-44-48-52-56-60-66(71)65(64-70)69-67(72)61-57-53-49-45-41-37-34-31-28-26-24-22-20-21-23-25-27-29-32-35-39-43-47-51-55-59-63-74-68(73)62-58-54-50-46-42-38-18-16-14-12-10-8-6-4-2/h10,12,16,18,65-66,70-71H,3-9,11,13-15,17,19-64H2,1-2H3,(H,69,72)/b12-10-,18-16-. The third-order valence-corrected chi connectivity index (χ3v) is 15.8. The van der Waals surface area contributed by atoms with Gasteiger partial charge in [0.1, 0.15) is 0 Å². The summed E-state index contributed by atoms with van der Waals surface area (Å²) in [7, 11) is 0. The quantitative estimate of drug-likeness (QED) is 0.0320. The van der Waals surface area contributed by atoms with Gasteiger partial charge in [0.15, 0.2) is 0 Å². The summed E-state index contributed by atoms with van der Waals surface area (Å²) >= 11 is 0. The molecule has 0 aliphatic heterocycles. The second-order valence-corrected chi connectivity index (χ2v) is 23.2. The number of rotatable bonds is 63. The van der Waals surface area contributed by atoms with Gasteiger partial charge in [-0.15, -0.1) is 0 Å². The number of carbonyl (C=O) groups is 2. The van der Waals surface area contributed by atoms with Crippen LogP contribution in [0, 0.1) is 0 Å². The van der Waals surface area contributed by atoms with Crippen molar-refractivity contribution in [3.05, 3.63) is 24.3 Å². The van der Waals surface area contributed by atoms with Crippen molar-refractivity contribution in [2.24, 2.45) is 0 Å². The number of esters is 1. The number of hydrogen-bond acceptors (Lipinski definition) is 5. The van der Waals surface area contributed by atoms with E-state index in [1.54, 1.807) is 0 Å². The summed E-state index contributed by atoms with van der Waals surface area (Å²) in [5.74, 6) is -0.0264. The number of amides is 1. The van der Waals surface area contributed by atoms with Crippen molar-refractivity contribution in [3.8, 4) is 0 Å². The van der Waals surface area contributed by atoms with E-state index in [2.05, 4.69) is 43.5 Å². The van der Waals surface area contributed by atoms with Gasteiger partial charge in [-0.3, -0.25) is 9.59 Å². The molecule has 3 N–H and O–H groups in total. The Kier molecular flexibility index (Phi) is 62.4. The van der Waals surface area contributed by atoms with E-state index in [1.807, 2.05) is 0 Å². The molecule has 0 heterocycles. The van der Waals surface area contributed by atoms with Crippen LogP contribution in [0.15, 0.2) is 24.3 Å². The van der Waals surface area contributed by atoms with Gasteiger partial charge < -0.3 is 20.3 Å². The maximum atomic E-state index is 12.5. The van der Waals surface area contributed by atoms with Crippen molar-refractivity contribution in [1.82, 2.24) is 5.32 Å². The predicted octanol–water partition coefficient (Wildman–Crippen LogP) is 21.4. The minimum atomic E-state index is -0.663. The maximum absolute atomic E-state index is 12.5. The summed E-state index contributed by atoms with van der Waals surface area (Å²) in [6, 6.07) is -0.540. The fourth-order valence-electron chi connectivity index (χ4n) is 10.6. The van der Waals surface area contributed by atoms with E-state index < -0.39 is 12.1 Å². The van der Waals surface area contributed by atoms with E-state index in [0.717, 1.165) is 51.4 Å². The van der Waals surface area contributed by atoms with Crippen LogP contribution in [-0.2, 0) is 14.3 Å². The first-order valence-corrected chi connectivity index (χ1v) is 33.6. The maximum Gasteiger partial charge on any atom is 0.305 e. The molecule has 2 unspecified atom stereocenters. The third kappa shape index (κ3) is 59.6. The van der Waals surface area contributed by atoms with Crippen molar-refractivity contribution < 1.29 is 24.5 Å². The van der Waals surface area contributed by atoms with Gasteiger partial charge in [-0.05, 0) is 51.4 Å². The minimum Gasteiger partial charge on any atom is -0.466 e. The Morgan fingerprint density at radius 1 is 0.378 bits per heavy atom. The predicted molar refractivity (Wildman–Crippen MR) is 324 cm³/mol. The molecule has 438 valence electrons. The molecule has 0 saturated carbocycles. The summed E-state index contributed by atoms with van der Waals surface area (Å²) in [5, 5.41) is 23.4. The lowest BCUT2D eigenvalue weighted by Crippen LogP contribution is -2.45. The Bertz CT molecular complexity index is 1150. The van der Waals surface area contributed by atoms with Gasteiger partial charge in [-0.2, -0.15) is 0 Å². The highest BCUT2D eigenvalue weighted by atomic mass is 16.5. The molecule has 74 heavy (non-hydrogen) atoms. The summed E-state index contributed by atoms with van der Waals surface area (Å²) in [6.45, 7) is 4.94. The van der Waals surface area contributed by atoms with E-state index in [1.165, 1.54) is 289 Å². The van der Waals surface area contributed by atoms with Crippen molar-refractivity contribution in [1.29, 1.82) is 0 Å². The van der Waals surface area contributed by atoms with Crippen LogP contribution in [0.5, 0.6) is 0 Å². The second kappa shape index (κ2) is 63.9. The van der Waals surface area contributed by atoms with Gasteiger partial charge in [-0.25, -0.2) is 0 Å². The van der Waals surface area contributed by atoms with Crippen LogP contribution in [0.4, 0.5) is 0 Å². The molecule has 0 aromatic carbocycles. The Hall–Kier alpha value is -1.66. The first-order chi connectivity index (χ1) is 36.5. The smallest absolute Gasteiger partial charge is 0.305 e. The molecular formula is C68H131NO5. The highest BCUT2D eigenvalue weighted by Crippen LogP contribution is 2.19. The number of allylic oxidation sites excluding steroid dienone is 4. The Labute approximate surface area is 462 Å². The number of unbranched alkanes of at least 4 members (excludes halogenated alkanes) is 48. The average Bonchev–Trinajstić information content (AvgIpc) is 3.40. The molecule has 0 radical (unpaired) electrons. The first-order valence-electron chi connectivity index (χ1n) is 33.6. The molecule has 0 rings (SSSR count). The van der Waals surface area contributed by atoms with Gasteiger partial charge in [0, 0.05) is 12.8 Å². The second-order valence-electron chi connectivity index (χ2n) is 23.2. The van der Waals surface area contributed by atoms with Crippen molar-refractivity contribution >= 4 is 11.9 Å². The Morgan fingerprint density at radius 2 is 0.689 bits per heavy atom. The van der Waals surface area contributed by atoms with E-state index in [-0.39, 0.29) is 18.5 Å². The number of ether oxygens (including phenoxy) is 1. The minimum absolute atomic E-state index is 0.00317. The number of nitrogens with one attached hydrogen (secondary N) is 1. The fourth-order valence-corrected chi connectivity index (χ4v) is 10.6. The van der Waals surface area contributed by atoms with Gasteiger partial charge in [0.2, 0.25) is 5.91 Å². The number of carbonyl (C=O) groups excluding carboxylic acids is 2. The zero-order chi connectivity index (χ0) is 53.6. The van der Waals surface area contributed by atoms with E-state index in [4.69, 9.17) is 4.74 Å². The third-order valence-electron chi connectivity index (χ3n) is 15.8. The molecule has 0 aliphatic carbocycles. The number of hydrogen-bond donors (Lipinski definition) is 3. The molecule has 0 fully saturated rings. The lowest BCUT2D eigenvalue weighted by molar-refractivity contribution is -0.143. The van der Waals surface area contributed by atoms with E-state index >= 15 is 0 Å². The largest absolute Gasteiger partial charge is 0.466 e. The van der Waals surface area contributed by atoms with Crippen LogP contribution in [0.1, 0.15) is 373 Å². The molecule has 0 aromatic rings. The summed E-state index contributed by atoms with van der Waals surface area (Å²) < 4.78 is 5.48. The van der Waals surface area contributed by atoms with Gasteiger partial charge >= 0.3 is 5.97 Å². The molecule has 0 bridgehead atoms. The van der Waals surface area contributed by atoms with Crippen LogP contribution in [0.2, 0.25) is 0 Å². The number of aliphatic hydroxyl groups excluding tert-OH is 2. The highest BCUT2D eigenvalue weighted by molar-refractivity contribution is 5.76. The molecule has 0 aromatic heterocycles. The van der Waals surface area contributed by atoms with Crippen LogP contribution in [0.3, 0.4) is 0 Å². The van der Waals surface area contributed by atoms with Crippen molar-refractivity contribution in [3.63, 3.8) is 0 Å². The zero-order valence-corrected chi connectivity index (χ0v) is 50.1. The summed E-state index contributed by atoms with van der Waals surface area (Å²) in [5.41, 5.74) is 0.